The fourth-order valence-electron chi connectivity index (χ4n) is 2.51. The molecule has 1 heterocycles. The van der Waals surface area contributed by atoms with Crippen LogP contribution in [0.5, 0.6) is 0 Å². The van der Waals surface area contributed by atoms with Crippen LogP contribution in [0.2, 0.25) is 0 Å². The maximum Gasteiger partial charge on any atom is 0.251 e. The van der Waals surface area contributed by atoms with Gasteiger partial charge in [0.15, 0.2) is 0 Å². The third-order valence-corrected chi connectivity index (χ3v) is 3.65. The van der Waals surface area contributed by atoms with Gasteiger partial charge in [-0.15, -0.1) is 0 Å². The van der Waals surface area contributed by atoms with E-state index in [0.29, 0.717) is 12.0 Å². The predicted molar refractivity (Wildman–Crippen MR) is 89.3 cm³/mol. The highest BCUT2D eigenvalue weighted by molar-refractivity contribution is 5.94. The molecule has 0 saturated heterocycles. The van der Waals surface area contributed by atoms with E-state index in [1.807, 2.05) is 30.3 Å². The second kappa shape index (κ2) is 6.04. The second-order valence-corrected chi connectivity index (χ2v) is 5.47. The number of fused-ring (bicyclic) bond motifs is 1. The first kappa shape index (κ1) is 15.0. The third-order valence-electron chi connectivity index (χ3n) is 3.65. The van der Waals surface area contributed by atoms with E-state index in [9.17, 15) is 9.59 Å². The van der Waals surface area contributed by atoms with Crippen molar-refractivity contribution in [2.75, 3.05) is 7.05 Å². The van der Waals surface area contributed by atoms with Gasteiger partial charge in [0.2, 0.25) is 0 Å². The Hall–Kier alpha value is -2.95. The number of nitrogens with zero attached hydrogens (tertiary/aromatic N) is 1. The lowest BCUT2D eigenvalue weighted by Gasteiger charge is -2.00. The van der Waals surface area contributed by atoms with Gasteiger partial charge in [-0.3, -0.25) is 9.59 Å². The summed E-state index contributed by atoms with van der Waals surface area (Å²) in [5.74, 6) is 0.757. The summed E-state index contributed by atoms with van der Waals surface area (Å²) in [4.78, 5) is 30.6. The molecule has 0 aliphatic rings. The van der Waals surface area contributed by atoms with E-state index in [4.69, 9.17) is 0 Å². The molecule has 23 heavy (non-hydrogen) atoms. The van der Waals surface area contributed by atoms with Crippen LogP contribution in [0.1, 0.15) is 22.8 Å². The largest absolute Gasteiger partial charge is 0.355 e. The molecular weight excluding hydrogens is 290 g/mol. The van der Waals surface area contributed by atoms with E-state index < -0.39 is 0 Å². The number of imidazole rings is 1. The fourth-order valence-corrected chi connectivity index (χ4v) is 2.51. The number of aromatic nitrogens is 2. The van der Waals surface area contributed by atoms with Crippen LogP contribution in [0.3, 0.4) is 0 Å². The molecular formula is C18H17N3O2. The van der Waals surface area contributed by atoms with Crippen LogP contribution >= 0.6 is 0 Å². The number of hydrogen-bond acceptors (Lipinski definition) is 3. The number of rotatable bonds is 4. The zero-order chi connectivity index (χ0) is 16.4. The van der Waals surface area contributed by atoms with E-state index in [1.165, 1.54) is 0 Å². The van der Waals surface area contributed by atoms with Crippen LogP contribution in [0.25, 0.3) is 22.4 Å². The first-order chi connectivity index (χ1) is 11.1. The predicted octanol–water partition coefficient (Wildman–Crippen LogP) is 2.72. The highest BCUT2D eigenvalue weighted by atomic mass is 16.1. The van der Waals surface area contributed by atoms with Crippen LogP contribution in [0.15, 0.2) is 42.5 Å². The van der Waals surface area contributed by atoms with Crippen LogP contribution in [-0.4, -0.2) is 28.7 Å². The molecule has 5 heteroatoms. The van der Waals surface area contributed by atoms with Gasteiger partial charge >= 0.3 is 0 Å². The number of H-pyrrole nitrogens is 1. The summed E-state index contributed by atoms with van der Waals surface area (Å²) in [5, 5.41) is 2.59. The highest BCUT2D eigenvalue weighted by Gasteiger charge is 2.08. The SMILES string of the molecule is CNC(=O)c1ccc(-c2nc3ccc(CC(C)=O)cc3[nH]2)cc1. The van der Waals surface area contributed by atoms with E-state index in [1.54, 1.807) is 26.1 Å². The van der Waals surface area contributed by atoms with Crippen molar-refractivity contribution in [3.63, 3.8) is 0 Å². The summed E-state index contributed by atoms with van der Waals surface area (Å²) in [7, 11) is 1.61. The van der Waals surface area contributed by atoms with Crippen LogP contribution in [0, 0.1) is 0 Å². The highest BCUT2D eigenvalue weighted by Crippen LogP contribution is 2.22. The van der Waals surface area contributed by atoms with Crippen LogP contribution in [0.4, 0.5) is 0 Å². The van der Waals surface area contributed by atoms with Gasteiger partial charge in [-0.1, -0.05) is 18.2 Å². The molecule has 1 aromatic heterocycles. The molecule has 1 amide bonds. The number of aromatic amines is 1. The van der Waals surface area contributed by atoms with Gasteiger partial charge in [-0.2, -0.15) is 0 Å². The quantitative estimate of drug-likeness (QED) is 0.778. The molecule has 0 spiro atoms. The molecule has 0 radical (unpaired) electrons. The molecule has 0 fully saturated rings. The zero-order valence-corrected chi connectivity index (χ0v) is 13.0. The van der Waals surface area contributed by atoms with Gasteiger partial charge in [0.05, 0.1) is 11.0 Å². The van der Waals surface area contributed by atoms with Gasteiger partial charge in [0.1, 0.15) is 11.6 Å². The Morgan fingerprint density at radius 1 is 1.13 bits per heavy atom. The molecule has 5 nitrogen and oxygen atoms in total. The van der Waals surface area contributed by atoms with Gasteiger partial charge in [-0.25, -0.2) is 4.98 Å². The summed E-state index contributed by atoms with van der Waals surface area (Å²) in [5.41, 5.74) is 4.23. The molecule has 0 saturated carbocycles. The van der Waals surface area contributed by atoms with Crippen LogP contribution < -0.4 is 5.32 Å². The second-order valence-electron chi connectivity index (χ2n) is 5.47. The van der Waals surface area contributed by atoms with Gasteiger partial charge in [0, 0.05) is 24.6 Å². The minimum atomic E-state index is -0.116. The fraction of sp³-hybridized carbons (Fsp3) is 0.167. The average molecular weight is 307 g/mol. The minimum absolute atomic E-state index is 0.116. The summed E-state index contributed by atoms with van der Waals surface area (Å²) in [6, 6.07) is 13.0. The van der Waals surface area contributed by atoms with Crippen molar-refractivity contribution < 1.29 is 9.59 Å². The number of nitrogens with one attached hydrogen (secondary N) is 2. The van der Waals surface area contributed by atoms with Crippen molar-refractivity contribution >= 4 is 22.7 Å². The monoisotopic (exact) mass is 307 g/mol. The molecule has 2 N–H and O–H groups in total. The number of carbonyl (C=O) groups is 2. The Balaban J connectivity index is 1.93. The maximum absolute atomic E-state index is 11.6. The Labute approximate surface area is 133 Å². The molecule has 3 aromatic rings. The molecule has 116 valence electrons. The average Bonchev–Trinajstić information content (AvgIpc) is 2.97. The van der Waals surface area contributed by atoms with Gasteiger partial charge in [-0.05, 0) is 36.8 Å². The summed E-state index contributed by atoms with van der Waals surface area (Å²) >= 11 is 0. The Morgan fingerprint density at radius 2 is 1.87 bits per heavy atom. The number of amides is 1. The van der Waals surface area contributed by atoms with Crippen molar-refractivity contribution in [3.05, 3.63) is 53.6 Å². The number of ketones is 1. The summed E-state index contributed by atoms with van der Waals surface area (Å²) in [6.45, 7) is 1.58. The van der Waals surface area contributed by atoms with E-state index in [0.717, 1.165) is 28.0 Å². The number of carbonyl (C=O) groups excluding carboxylic acids is 2. The lowest BCUT2D eigenvalue weighted by molar-refractivity contribution is -0.116. The standard InChI is InChI=1S/C18H17N3O2/c1-11(22)9-12-3-8-15-16(10-12)21-17(20-15)13-4-6-14(7-5-13)18(23)19-2/h3-8,10H,9H2,1-2H3,(H,19,23)(H,20,21). The van der Waals surface area contributed by atoms with Crippen molar-refractivity contribution in [2.45, 2.75) is 13.3 Å². The van der Waals surface area contributed by atoms with E-state index >= 15 is 0 Å². The van der Waals surface area contributed by atoms with Crippen molar-refractivity contribution in [2.24, 2.45) is 0 Å². The molecule has 0 atom stereocenters. The molecule has 0 aliphatic heterocycles. The lowest BCUT2D eigenvalue weighted by atomic mass is 10.1. The number of benzene rings is 2. The number of hydrogen-bond donors (Lipinski definition) is 2. The Morgan fingerprint density at radius 3 is 2.52 bits per heavy atom. The van der Waals surface area contributed by atoms with Crippen LogP contribution in [-0.2, 0) is 11.2 Å². The molecule has 0 bridgehead atoms. The Kier molecular flexibility index (Phi) is 3.93. The molecule has 0 aliphatic carbocycles. The minimum Gasteiger partial charge on any atom is -0.355 e. The van der Waals surface area contributed by atoms with Crippen molar-refractivity contribution in [1.29, 1.82) is 0 Å². The normalized spacial score (nSPS) is 10.7. The molecule has 2 aromatic carbocycles. The first-order valence-corrected chi connectivity index (χ1v) is 7.37. The zero-order valence-electron chi connectivity index (χ0n) is 13.0. The smallest absolute Gasteiger partial charge is 0.251 e. The van der Waals surface area contributed by atoms with Crippen molar-refractivity contribution in [3.8, 4) is 11.4 Å². The van der Waals surface area contributed by atoms with Crippen molar-refractivity contribution in [1.82, 2.24) is 15.3 Å². The molecule has 0 unspecified atom stereocenters. The van der Waals surface area contributed by atoms with Gasteiger partial charge < -0.3 is 10.3 Å². The third kappa shape index (κ3) is 3.13. The maximum atomic E-state index is 11.6. The number of Topliss-reactive ketones (excluding diaryl/α,β-unsaturated/α-hetero) is 1. The summed E-state index contributed by atoms with van der Waals surface area (Å²) in [6.07, 6.45) is 0.422. The molecule has 3 rings (SSSR count). The van der Waals surface area contributed by atoms with E-state index in [-0.39, 0.29) is 11.7 Å². The topological polar surface area (TPSA) is 74.8 Å². The lowest BCUT2D eigenvalue weighted by Crippen LogP contribution is -2.17. The van der Waals surface area contributed by atoms with Gasteiger partial charge in [0.25, 0.3) is 5.91 Å². The van der Waals surface area contributed by atoms with E-state index in [2.05, 4.69) is 15.3 Å². The first-order valence-electron chi connectivity index (χ1n) is 7.37. The summed E-state index contributed by atoms with van der Waals surface area (Å²) < 4.78 is 0. The Bertz CT molecular complexity index is 879.